The van der Waals surface area contributed by atoms with Crippen molar-refractivity contribution >= 4 is 11.8 Å². The van der Waals surface area contributed by atoms with Crippen molar-refractivity contribution in [1.29, 1.82) is 0 Å². The van der Waals surface area contributed by atoms with Gasteiger partial charge in [-0.3, -0.25) is 9.59 Å². The van der Waals surface area contributed by atoms with E-state index in [0.29, 0.717) is 38.2 Å². The molecule has 2 amide bonds. The standard InChI is InChI=1S/C16H23N3O3/c1-17-8-2-3-15(21)18-9-11-19(12-10-18)16(22)13-4-6-14(20)7-5-13/h4-7,17,20H,2-3,8-12H2,1H3. The highest BCUT2D eigenvalue weighted by molar-refractivity contribution is 5.94. The lowest BCUT2D eigenvalue weighted by molar-refractivity contribution is -0.132. The number of phenolic OH excluding ortho intramolecular Hbond substituents is 1. The van der Waals surface area contributed by atoms with E-state index in [1.165, 1.54) is 12.1 Å². The van der Waals surface area contributed by atoms with Crippen LogP contribution in [0, 0.1) is 0 Å². The maximum absolute atomic E-state index is 12.3. The van der Waals surface area contributed by atoms with Crippen LogP contribution in [0.3, 0.4) is 0 Å². The molecular weight excluding hydrogens is 282 g/mol. The van der Waals surface area contributed by atoms with Gasteiger partial charge in [-0.25, -0.2) is 0 Å². The maximum Gasteiger partial charge on any atom is 0.253 e. The second kappa shape index (κ2) is 7.79. The van der Waals surface area contributed by atoms with Gasteiger partial charge in [0.1, 0.15) is 5.75 Å². The zero-order valence-corrected chi connectivity index (χ0v) is 12.9. The monoisotopic (exact) mass is 305 g/mol. The summed E-state index contributed by atoms with van der Waals surface area (Å²) >= 11 is 0. The summed E-state index contributed by atoms with van der Waals surface area (Å²) in [5.74, 6) is 0.253. The first kappa shape index (κ1) is 16.3. The molecule has 0 radical (unpaired) electrons. The molecule has 6 heteroatoms. The average Bonchev–Trinajstić information content (AvgIpc) is 2.55. The summed E-state index contributed by atoms with van der Waals surface area (Å²) in [5, 5.41) is 12.3. The third-order valence-electron chi connectivity index (χ3n) is 3.85. The summed E-state index contributed by atoms with van der Waals surface area (Å²) < 4.78 is 0. The second-order valence-electron chi connectivity index (χ2n) is 5.43. The lowest BCUT2D eigenvalue weighted by Gasteiger charge is -2.35. The molecule has 1 aromatic rings. The van der Waals surface area contributed by atoms with E-state index in [4.69, 9.17) is 0 Å². The highest BCUT2D eigenvalue weighted by Crippen LogP contribution is 2.13. The number of amides is 2. The number of nitrogens with zero attached hydrogens (tertiary/aromatic N) is 2. The van der Waals surface area contributed by atoms with Crippen LogP contribution in [-0.2, 0) is 4.79 Å². The average molecular weight is 305 g/mol. The smallest absolute Gasteiger partial charge is 0.253 e. The van der Waals surface area contributed by atoms with Gasteiger partial charge in [0.25, 0.3) is 5.91 Å². The summed E-state index contributed by atoms with van der Waals surface area (Å²) in [5.41, 5.74) is 0.562. The van der Waals surface area contributed by atoms with Crippen LogP contribution in [0.5, 0.6) is 5.75 Å². The van der Waals surface area contributed by atoms with Crippen LogP contribution in [0.25, 0.3) is 0 Å². The summed E-state index contributed by atoms with van der Waals surface area (Å²) in [6.07, 6.45) is 1.38. The van der Waals surface area contributed by atoms with Gasteiger partial charge < -0.3 is 20.2 Å². The first-order valence-electron chi connectivity index (χ1n) is 7.62. The molecule has 1 aliphatic rings. The second-order valence-corrected chi connectivity index (χ2v) is 5.43. The Kier molecular flexibility index (Phi) is 5.77. The highest BCUT2D eigenvalue weighted by atomic mass is 16.3. The van der Waals surface area contributed by atoms with E-state index in [2.05, 4.69) is 5.32 Å². The van der Waals surface area contributed by atoms with Crippen LogP contribution in [0.4, 0.5) is 0 Å². The molecule has 2 rings (SSSR count). The molecule has 1 heterocycles. The van der Waals surface area contributed by atoms with Crippen LogP contribution in [0.15, 0.2) is 24.3 Å². The molecule has 1 aromatic carbocycles. The van der Waals surface area contributed by atoms with Gasteiger partial charge in [0.05, 0.1) is 0 Å². The van der Waals surface area contributed by atoms with Crippen molar-refractivity contribution in [3.63, 3.8) is 0 Å². The highest BCUT2D eigenvalue weighted by Gasteiger charge is 2.24. The molecule has 1 saturated heterocycles. The van der Waals surface area contributed by atoms with Gasteiger partial charge >= 0.3 is 0 Å². The van der Waals surface area contributed by atoms with Gasteiger partial charge in [0, 0.05) is 38.2 Å². The Morgan fingerprint density at radius 3 is 2.27 bits per heavy atom. The van der Waals surface area contributed by atoms with E-state index in [1.54, 1.807) is 17.0 Å². The number of carbonyl (C=O) groups excluding carboxylic acids is 2. The molecule has 1 aliphatic heterocycles. The van der Waals surface area contributed by atoms with E-state index >= 15 is 0 Å². The molecule has 0 spiro atoms. The van der Waals surface area contributed by atoms with Crippen molar-refractivity contribution in [1.82, 2.24) is 15.1 Å². The number of rotatable bonds is 5. The van der Waals surface area contributed by atoms with Gasteiger partial charge in [-0.1, -0.05) is 0 Å². The van der Waals surface area contributed by atoms with Gasteiger partial charge in [-0.05, 0) is 44.3 Å². The Balaban J connectivity index is 1.82. The number of benzene rings is 1. The fourth-order valence-electron chi connectivity index (χ4n) is 2.52. The molecule has 1 fully saturated rings. The lowest BCUT2D eigenvalue weighted by Crippen LogP contribution is -2.50. The van der Waals surface area contributed by atoms with Gasteiger partial charge in [-0.15, -0.1) is 0 Å². The minimum Gasteiger partial charge on any atom is -0.508 e. The Morgan fingerprint density at radius 1 is 1.09 bits per heavy atom. The zero-order valence-electron chi connectivity index (χ0n) is 12.9. The Labute approximate surface area is 130 Å². The van der Waals surface area contributed by atoms with Crippen molar-refractivity contribution in [2.75, 3.05) is 39.8 Å². The van der Waals surface area contributed by atoms with E-state index in [-0.39, 0.29) is 17.6 Å². The van der Waals surface area contributed by atoms with Gasteiger partial charge in [0.15, 0.2) is 0 Å². The molecular formula is C16H23N3O3. The third-order valence-corrected chi connectivity index (χ3v) is 3.85. The molecule has 0 aliphatic carbocycles. The van der Waals surface area contributed by atoms with Crippen LogP contribution in [0.2, 0.25) is 0 Å². The molecule has 0 saturated carbocycles. The first-order chi connectivity index (χ1) is 10.6. The van der Waals surface area contributed by atoms with Crippen molar-refractivity contribution in [2.24, 2.45) is 0 Å². The molecule has 6 nitrogen and oxygen atoms in total. The molecule has 2 N–H and O–H groups in total. The number of hydrogen-bond donors (Lipinski definition) is 2. The SMILES string of the molecule is CNCCCC(=O)N1CCN(C(=O)c2ccc(O)cc2)CC1. The van der Waals surface area contributed by atoms with Gasteiger partial charge in [-0.2, -0.15) is 0 Å². The first-order valence-corrected chi connectivity index (χ1v) is 7.62. The Morgan fingerprint density at radius 2 is 1.68 bits per heavy atom. The normalized spacial score (nSPS) is 15.0. The molecule has 0 aromatic heterocycles. The maximum atomic E-state index is 12.3. The van der Waals surface area contributed by atoms with E-state index in [1.807, 2.05) is 11.9 Å². The van der Waals surface area contributed by atoms with Crippen molar-refractivity contribution in [3.05, 3.63) is 29.8 Å². The summed E-state index contributed by atoms with van der Waals surface area (Å²) in [6, 6.07) is 6.25. The van der Waals surface area contributed by atoms with E-state index in [0.717, 1.165) is 13.0 Å². The van der Waals surface area contributed by atoms with Crippen LogP contribution in [0.1, 0.15) is 23.2 Å². The number of hydrogen-bond acceptors (Lipinski definition) is 4. The summed E-state index contributed by atoms with van der Waals surface area (Å²) in [4.78, 5) is 27.9. The zero-order chi connectivity index (χ0) is 15.9. The number of carbonyl (C=O) groups is 2. The van der Waals surface area contributed by atoms with E-state index in [9.17, 15) is 14.7 Å². The van der Waals surface area contributed by atoms with Crippen LogP contribution in [-0.4, -0.2) is 66.5 Å². The molecule has 22 heavy (non-hydrogen) atoms. The predicted molar refractivity (Wildman–Crippen MR) is 83.8 cm³/mol. The van der Waals surface area contributed by atoms with Crippen LogP contribution < -0.4 is 5.32 Å². The fourth-order valence-corrected chi connectivity index (χ4v) is 2.52. The van der Waals surface area contributed by atoms with Gasteiger partial charge in [0.2, 0.25) is 5.91 Å². The molecule has 120 valence electrons. The quantitative estimate of drug-likeness (QED) is 0.785. The van der Waals surface area contributed by atoms with Crippen molar-refractivity contribution in [3.8, 4) is 5.75 Å². The minimum atomic E-state index is -0.0534. The third kappa shape index (κ3) is 4.21. The molecule has 0 bridgehead atoms. The topological polar surface area (TPSA) is 72.9 Å². The van der Waals surface area contributed by atoms with E-state index < -0.39 is 0 Å². The fraction of sp³-hybridized carbons (Fsp3) is 0.500. The summed E-state index contributed by atoms with van der Waals surface area (Å²) in [6.45, 7) is 3.12. The van der Waals surface area contributed by atoms with Crippen molar-refractivity contribution in [2.45, 2.75) is 12.8 Å². The molecule has 0 atom stereocenters. The minimum absolute atomic E-state index is 0.0534. The van der Waals surface area contributed by atoms with Crippen LogP contribution >= 0.6 is 0 Å². The predicted octanol–water partition coefficient (Wildman–Crippen LogP) is 0.676. The number of phenols is 1. The lowest BCUT2D eigenvalue weighted by atomic mass is 10.1. The Hall–Kier alpha value is -2.08. The number of nitrogens with one attached hydrogen (secondary N) is 1. The Bertz CT molecular complexity index is 508. The molecule has 0 unspecified atom stereocenters. The summed E-state index contributed by atoms with van der Waals surface area (Å²) in [7, 11) is 1.87. The van der Waals surface area contributed by atoms with Crippen molar-refractivity contribution < 1.29 is 14.7 Å². The number of piperazine rings is 1. The number of aromatic hydroxyl groups is 1. The largest absolute Gasteiger partial charge is 0.508 e.